The molecule has 0 fully saturated rings. The Morgan fingerprint density at radius 3 is 2.36 bits per heavy atom. The zero-order chi connectivity index (χ0) is 33.5. The van der Waals surface area contributed by atoms with Crippen molar-refractivity contribution in [3.63, 3.8) is 0 Å². The second-order valence-corrected chi connectivity index (χ2v) is 10.7. The largest absolute Gasteiger partial charge is 0.493 e. The number of fused-ring (bicyclic) bond motifs is 2. The summed E-state index contributed by atoms with van der Waals surface area (Å²) >= 11 is 0. The van der Waals surface area contributed by atoms with Crippen LogP contribution in [-0.4, -0.2) is 39.9 Å². The standard InChI is InChI=1S/C33H26F2N4O5.C3H8/c1-18(40)17-43-30-15-26-22(14-29(30)42-2)27(10-12-36-26)44-28-8-7-21(13-24(28)35)39-33-31-25(9-11-37-33)38-16-23(32(31)41)19-3-5-20(34)6-4-19;1-3-2/h3-16,18,40H,17H2,1-2H3,(H,37,39)(H,38,41);3H2,1-2H3. The Morgan fingerprint density at radius 2 is 1.66 bits per heavy atom. The second-order valence-electron chi connectivity index (χ2n) is 10.7. The molecule has 9 nitrogen and oxygen atoms in total. The highest BCUT2D eigenvalue weighted by molar-refractivity contribution is 5.93. The predicted octanol–water partition coefficient (Wildman–Crippen LogP) is 8.14. The van der Waals surface area contributed by atoms with Crippen molar-refractivity contribution in [2.24, 2.45) is 0 Å². The van der Waals surface area contributed by atoms with E-state index in [-0.39, 0.29) is 29.0 Å². The Bertz CT molecular complexity index is 2070. The van der Waals surface area contributed by atoms with Crippen LogP contribution < -0.4 is 25.0 Å². The maximum atomic E-state index is 15.4. The van der Waals surface area contributed by atoms with E-state index in [1.807, 2.05) is 0 Å². The van der Waals surface area contributed by atoms with E-state index < -0.39 is 17.7 Å². The highest BCUT2D eigenvalue weighted by atomic mass is 19.1. The number of aliphatic hydroxyl groups excluding tert-OH is 1. The summed E-state index contributed by atoms with van der Waals surface area (Å²) in [6.07, 6.45) is 5.19. The minimum Gasteiger partial charge on any atom is -0.493 e. The van der Waals surface area contributed by atoms with Crippen LogP contribution in [0.25, 0.3) is 32.9 Å². The highest BCUT2D eigenvalue weighted by Gasteiger charge is 2.16. The van der Waals surface area contributed by atoms with E-state index in [9.17, 15) is 14.3 Å². The molecule has 3 heterocycles. The molecule has 0 amide bonds. The summed E-state index contributed by atoms with van der Waals surface area (Å²) in [5.41, 5.74) is 1.95. The monoisotopic (exact) mass is 640 g/mol. The lowest BCUT2D eigenvalue weighted by molar-refractivity contribution is 0.121. The predicted molar refractivity (Wildman–Crippen MR) is 179 cm³/mol. The fourth-order valence-electron chi connectivity index (χ4n) is 4.72. The van der Waals surface area contributed by atoms with Gasteiger partial charge in [-0.15, -0.1) is 0 Å². The number of halogens is 2. The Kier molecular flexibility index (Phi) is 10.3. The van der Waals surface area contributed by atoms with Crippen LogP contribution in [0, 0.1) is 11.6 Å². The molecule has 6 rings (SSSR count). The lowest BCUT2D eigenvalue weighted by atomic mass is 10.0. The molecule has 3 aromatic heterocycles. The molecule has 1 unspecified atom stereocenters. The van der Waals surface area contributed by atoms with Gasteiger partial charge in [0.2, 0.25) is 5.43 Å². The van der Waals surface area contributed by atoms with Gasteiger partial charge in [-0.05, 0) is 55.0 Å². The van der Waals surface area contributed by atoms with E-state index in [0.717, 1.165) is 0 Å². The molecule has 0 spiro atoms. The number of anilines is 2. The number of aromatic nitrogens is 3. The molecular weight excluding hydrogens is 606 g/mol. The summed E-state index contributed by atoms with van der Waals surface area (Å²) in [4.78, 5) is 25.2. The van der Waals surface area contributed by atoms with Gasteiger partial charge in [0.25, 0.3) is 0 Å². The summed E-state index contributed by atoms with van der Waals surface area (Å²) in [5.74, 6) is 0.249. The SMILES string of the molecule is CCC.COc1cc2c(Oc3ccc(Nc4nccc5[nH]cc(-c6ccc(F)cc6)c(=O)c45)cc3F)ccnc2cc1OCC(C)O. The first-order chi connectivity index (χ1) is 22.7. The summed E-state index contributed by atoms with van der Waals surface area (Å²) in [7, 11) is 1.49. The number of ether oxygens (including phenoxy) is 3. The first kappa shape index (κ1) is 32.8. The van der Waals surface area contributed by atoms with Crippen LogP contribution in [0.2, 0.25) is 0 Å². The third-order valence-corrected chi connectivity index (χ3v) is 6.83. The van der Waals surface area contributed by atoms with Crippen LogP contribution in [0.3, 0.4) is 0 Å². The Hall–Kier alpha value is -5.55. The van der Waals surface area contributed by atoms with Crippen molar-refractivity contribution in [2.45, 2.75) is 33.3 Å². The van der Waals surface area contributed by atoms with Crippen molar-refractivity contribution in [2.75, 3.05) is 19.0 Å². The van der Waals surface area contributed by atoms with Crippen LogP contribution in [-0.2, 0) is 0 Å². The van der Waals surface area contributed by atoms with Crippen LogP contribution in [0.1, 0.15) is 27.2 Å². The van der Waals surface area contributed by atoms with E-state index >= 15 is 4.39 Å². The fourth-order valence-corrected chi connectivity index (χ4v) is 4.72. The number of aliphatic hydroxyl groups is 1. The zero-order valence-corrected chi connectivity index (χ0v) is 26.3. The smallest absolute Gasteiger partial charge is 0.200 e. The number of hydrogen-bond acceptors (Lipinski definition) is 8. The summed E-state index contributed by atoms with van der Waals surface area (Å²) in [5, 5.41) is 13.4. The van der Waals surface area contributed by atoms with Crippen molar-refractivity contribution >= 4 is 33.3 Å². The Morgan fingerprint density at radius 1 is 0.915 bits per heavy atom. The molecule has 11 heteroatoms. The van der Waals surface area contributed by atoms with Gasteiger partial charge >= 0.3 is 0 Å². The number of methoxy groups -OCH3 is 1. The van der Waals surface area contributed by atoms with Crippen LogP contribution in [0.5, 0.6) is 23.0 Å². The molecule has 3 N–H and O–H groups in total. The topological polar surface area (TPSA) is 119 Å². The molecule has 0 bridgehead atoms. The average molecular weight is 641 g/mol. The van der Waals surface area contributed by atoms with Gasteiger partial charge in [-0.25, -0.2) is 13.8 Å². The zero-order valence-electron chi connectivity index (χ0n) is 26.3. The molecular formula is C36H34F2N4O5. The molecule has 0 radical (unpaired) electrons. The van der Waals surface area contributed by atoms with E-state index in [2.05, 4.69) is 34.1 Å². The minimum absolute atomic E-state index is 0.0428. The maximum absolute atomic E-state index is 15.4. The molecule has 0 aliphatic carbocycles. The third kappa shape index (κ3) is 7.47. The third-order valence-electron chi connectivity index (χ3n) is 6.83. The lowest BCUT2D eigenvalue weighted by Gasteiger charge is -2.15. The maximum Gasteiger partial charge on any atom is 0.200 e. The summed E-state index contributed by atoms with van der Waals surface area (Å²) in [6, 6.07) is 16.5. The van der Waals surface area contributed by atoms with Gasteiger partial charge in [-0.3, -0.25) is 9.78 Å². The molecule has 242 valence electrons. The normalized spacial score (nSPS) is 11.5. The van der Waals surface area contributed by atoms with E-state index in [1.54, 1.807) is 43.5 Å². The molecule has 0 saturated carbocycles. The minimum atomic E-state index is -0.672. The van der Waals surface area contributed by atoms with Crippen LogP contribution in [0.15, 0.2) is 90.1 Å². The van der Waals surface area contributed by atoms with Crippen molar-refractivity contribution in [3.8, 4) is 34.1 Å². The average Bonchev–Trinajstić information content (AvgIpc) is 3.06. The number of benzene rings is 3. The lowest BCUT2D eigenvalue weighted by Crippen LogP contribution is -2.13. The number of rotatable bonds is 9. The van der Waals surface area contributed by atoms with E-state index in [0.29, 0.717) is 50.5 Å². The molecule has 3 aromatic carbocycles. The highest BCUT2D eigenvalue weighted by Crippen LogP contribution is 2.38. The van der Waals surface area contributed by atoms with Crippen molar-refractivity contribution < 1.29 is 28.1 Å². The fraction of sp³-hybridized carbons (Fsp3) is 0.194. The van der Waals surface area contributed by atoms with Gasteiger partial charge in [0.05, 0.1) is 29.6 Å². The van der Waals surface area contributed by atoms with Crippen molar-refractivity contribution in [3.05, 3.63) is 107 Å². The molecule has 47 heavy (non-hydrogen) atoms. The first-order valence-corrected chi connectivity index (χ1v) is 15.0. The Balaban J connectivity index is 0.00000139. The molecule has 1 atom stereocenters. The number of hydrogen-bond donors (Lipinski definition) is 3. The van der Waals surface area contributed by atoms with Crippen LogP contribution in [0.4, 0.5) is 20.3 Å². The quantitative estimate of drug-likeness (QED) is 0.145. The second kappa shape index (κ2) is 14.7. The van der Waals surface area contributed by atoms with Crippen molar-refractivity contribution in [1.29, 1.82) is 0 Å². The summed E-state index contributed by atoms with van der Waals surface area (Å²) < 4.78 is 45.8. The van der Waals surface area contributed by atoms with Gasteiger partial charge in [-0.1, -0.05) is 32.4 Å². The van der Waals surface area contributed by atoms with Crippen LogP contribution >= 0.6 is 0 Å². The molecule has 0 aliphatic rings. The van der Waals surface area contributed by atoms with Gasteiger partial charge < -0.3 is 29.6 Å². The van der Waals surface area contributed by atoms with E-state index in [1.165, 1.54) is 62.3 Å². The number of aromatic amines is 1. The molecule has 0 saturated heterocycles. The van der Waals surface area contributed by atoms with Gasteiger partial charge in [-0.2, -0.15) is 0 Å². The Labute approximate surface area is 269 Å². The molecule has 0 aliphatic heterocycles. The van der Waals surface area contributed by atoms with Gasteiger partial charge in [0, 0.05) is 47.4 Å². The van der Waals surface area contributed by atoms with Gasteiger partial charge in [0.15, 0.2) is 23.1 Å². The van der Waals surface area contributed by atoms with E-state index in [4.69, 9.17) is 14.2 Å². The summed E-state index contributed by atoms with van der Waals surface area (Å²) in [6.45, 7) is 5.93. The molecule has 6 aromatic rings. The number of nitrogens with one attached hydrogen (secondary N) is 2. The van der Waals surface area contributed by atoms with Crippen molar-refractivity contribution in [1.82, 2.24) is 15.0 Å². The first-order valence-electron chi connectivity index (χ1n) is 15.0. The number of H-pyrrole nitrogens is 1. The number of nitrogens with zero attached hydrogens (tertiary/aromatic N) is 2. The number of pyridine rings is 3. The van der Waals surface area contributed by atoms with Gasteiger partial charge in [0.1, 0.15) is 24.0 Å².